The Labute approximate surface area is 126 Å². The Bertz CT molecular complexity index is 519. The Hall–Kier alpha value is -2.28. The summed E-state index contributed by atoms with van der Waals surface area (Å²) in [7, 11) is 0. The van der Waals surface area contributed by atoms with Crippen LogP contribution in [0.1, 0.15) is 13.3 Å². The van der Waals surface area contributed by atoms with Gasteiger partial charge in [0, 0.05) is 17.3 Å². The third kappa shape index (κ3) is 6.62. The van der Waals surface area contributed by atoms with Crippen molar-refractivity contribution in [2.45, 2.75) is 19.4 Å². The lowest BCUT2D eigenvalue weighted by Crippen LogP contribution is -2.33. The molecule has 0 aliphatic heterocycles. The summed E-state index contributed by atoms with van der Waals surface area (Å²) in [5.74, 6) is -1.07. The van der Waals surface area contributed by atoms with Gasteiger partial charge in [0.1, 0.15) is 0 Å². The van der Waals surface area contributed by atoms with Crippen molar-refractivity contribution in [1.29, 1.82) is 0 Å². The molecule has 0 heterocycles. The van der Waals surface area contributed by atoms with Crippen LogP contribution in [-0.4, -0.2) is 30.6 Å². The monoisotopic (exact) mass is 313 g/mol. The van der Waals surface area contributed by atoms with Gasteiger partial charge in [-0.05, 0) is 31.2 Å². The minimum Gasteiger partial charge on any atom is -0.452 e. The molecule has 0 aromatic heterocycles. The van der Waals surface area contributed by atoms with Gasteiger partial charge in [-0.3, -0.25) is 9.59 Å². The summed E-state index contributed by atoms with van der Waals surface area (Å²) in [6, 6.07) is 5.79. The molecule has 0 unspecified atom stereocenters. The van der Waals surface area contributed by atoms with Gasteiger partial charge in [-0.2, -0.15) is 0 Å². The Kier molecular flexibility index (Phi) is 6.48. The molecule has 1 aromatic carbocycles. The minimum absolute atomic E-state index is 0.0552. The predicted octanol–water partition coefficient (Wildman–Crippen LogP) is 1.27. The first-order chi connectivity index (χ1) is 9.88. The molecular formula is C13H16ClN3O4. The zero-order valence-corrected chi connectivity index (χ0v) is 12.1. The molecule has 114 valence electrons. The number of hydrogen-bond acceptors (Lipinski definition) is 4. The van der Waals surface area contributed by atoms with E-state index in [0.717, 1.165) is 0 Å². The molecule has 0 saturated carbocycles. The van der Waals surface area contributed by atoms with Crippen molar-refractivity contribution in [2.24, 2.45) is 5.73 Å². The molecule has 21 heavy (non-hydrogen) atoms. The molecule has 1 rings (SSSR count). The van der Waals surface area contributed by atoms with Gasteiger partial charge in [-0.15, -0.1) is 0 Å². The van der Waals surface area contributed by atoms with Crippen LogP contribution in [0.5, 0.6) is 0 Å². The Morgan fingerprint density at radius 1 is 1.29 bits per heavy atom. The van der Waals surface area contributed by atoms with Gasteiger partial charge in [-0.25, -0.2) is 4.79 Å². The van der Waals surface area contributed by atoms with Crippen molar-refractivity contribution in [2.75, 3.05) is 11.9 Å². The molecule has 4 N–H and O–H groups in total. The van der Waals surface area contributed by atoms with E-state index in [1.165, 1.54) is 6.92 Å². The van der Waals surface area contributed by atoms with E-state index in [-0.39, 0.29) is 13.0 Å². The molecule has 0 bridgehead atoms. The van der Waals surface area contributed by atoms with Gasteiger partial charge in [0.15, 0.2) is 6.10 Å². The smallest absolute Gasteiger partial charge is 0.312 e. The van der Waals surface area contributed by atoms with Crippen molar-refractivity contribution < 1.29 is 19.1 Å². The lowest BCUT2D eigenvalue weighted by Gasteiger charge is -2.13. The number of anilines is 1. The largest absolute Gasteiger partial charge is 0.452 e. The van der Waals surface area contributed by atoms with Crippen LogP contribution < -0.4 is 16.4 Å². The van der Waals surface area contributed by atoms with Gasteiger partial charge in [0.2, 0.25) is 0 Å². The number of carbonyl (C=O) groups is 3. The SMILES string of the molecule is C[C@H](OC(=O)CCNC(N)=O)C(=O)Nc1ccc(Cl)cc1. The number of rotatable bonds is 6. The summed E-state index contributed by atoms with van der Waals surface area (Å²) in [6.07, 6.45) is -1.02. The Balaban J connectivity index is 2.38. The number of amides is 3. The zero-order chi connectivity index (χ0) is 15.8. The molecule has 0 fully saturated rings. The quantitative estimate of drug-likeness (QED) is 0.687. The molecule has 0 saturated heterocycles. The zero-order valence-electron chi connectivity index (χ0n) is 11.4. The number of ether oxygens (including phenoxy) is 1. The molecule has 0 radical (unpaired) electrons. The minimum atomic E-state index is -0.957. The Morgan fingerprint density at radius 2 is 1.90 bits per heavy atom. The topological polar surface area (TPSA) is 111 Å². The summed E-state index contributed by atoms with van der Waals surface area (Å²) < 4.78 is 4.92. The van der Waals surface area contributed by atoms with Crippen molar-refractivity contribution in [3.8, 4) is 0 Å². The molecule has 1 atom stereocenters. The fourth-order valence-electron chi connectivity index (χ4n) is 1.37. The molecule has 0 spiro atoms. The van der Waals surface area contributed by atoms with Gasteiger partial charge in [0.05, 0.1) is 6.42 Å². The normalized spacial score (nSPS) is 11.3. The van der Waals surface area contributed by atoms with Crippen LogP contribution in [-0.2, 0) is 14.3 Å². The first-order valence-corrected chi connectivity index (χ1v) is 6.55. The van der Waals surface area contributed by atoms with E-state index < -0.39 is 24.0 Å². The molecular weight excluding hydrogens is 298 g/mol. The molecule has 7 nitrogen and oxygen atoms in total. The number of esters is 1. The van der Waals surface area contributed by atoms with Crippen LogP contribution in [0.4, 0.5) is 10.5 Å². The number of primary amides is 1. The number of hydrogen-bond donors (Lipinski definition) is 3. The molecule has 3 amide bonds. The van der Waals surface area contributed by atoms with Crippen molar-refractivity contribution in [3.05, 3.63) is 29.3 Å². The summed E-state index contributed by atoms with van der Waals surface area (Å²) in [4.78, 5) is 33.7. The standard InChI is InChI=1S/C13H16ClN3O4/c1-8(21-11(18)6-7-16-13(15)20)12(19)17-10-4-2-9(14)3-5-10/h2-5,8H,6-7H2,1H3,(H,17,19)(H3,15,16,20)/t8-/m0/s1. The van der Waals surface area contributed by atoms with Crippen LogP contribution >= 0.6 is 11.6 Å². The molecule has 0 aliphatic rings. The highest BCUT2D eigenvalue weighted by Gasteiger charge is 2.17. The summed E-state index contributed by atoms with van der Waals surface area (Å²) in [6.45, 7) is 1.50. The number of carbonyl (C=O) groups excluding carboxylic acids is 3. The second kappa shape index (κ2) is 8.11. The first-order valence-electron chi connectivity index (χ1n) is 6.17. The summed E-state index contributed by atoms with van der Waals surface area (Å²) in [5, 5.41) is 5.38. The van der Waals surface area contributed by atoms with Crippen LogP contribution in [0, 0.1) is 0 Å². The third-order valence-electron chi connectivity index (χ3n) is 2.42. The average Bonchev–Trinajstić information content (AvgIpc) is 2.40. The Morgan fingerprint density at radius 3 is 2.48 bits per heavy atom. The van der Waals surface area contributed by atoms with Crippen molar-refractivity contribution >= 4 is 35.2 Å². The molecule has 0 aliphatic carbocycles. The van der Waals surface area contributed by atoms with Crippen LogP contribution in [0.15, 0.2) is 24.3 Å². The van der Waals surface area contributed by atoms with E-state index in [4.69, 9.17) is 22.1 Å². The second-order valence-electron chi connectivity index (χ2n) is 4.17. The van der Waals surface area contributed by atoms with Crippen LogP contribution in [0.2, 0.25) is 5.02 Å². The fraction of sp³-hybridized carbons (Fsp3) is 0.308. The maximum absolute atomic E-state index is 11.8. The van der Waals surface area contributed by atoms with E-state index in [0.29, 0.717) is 10.7 Å². The lowest BCUT2D eigenvalue weighted by molar-refractivity contribution is -0.153. The van der Waals surface area contributed by atoms with Gasteiger partial charge in [-0.1, -0.05) is 11.6 Å². The number of benzene rings is 1. The summed E-state index contributed by atoms with van der Waals surface area (Å²) >= 11 is 5.73. The van der Waals surface area contributed by atoms with Gasteiger partial charge in [0.25, 0.3) is 5.91 Å². The van der Waals surface area contributed by atoms with Crippen molar-refractivity contribution in [3.63, 3.8) is 0 Å². The fourth-order valence-corrected chi connectivity index (χ4v) is 1.50. The maximum Gasteiger partial charge on any atom is 0.312 e. The van der Waals surface area contributed by atoms with Crippen LogP contribution in [0.25, 0.3) is 0 Å². The van der Waals surface area contributed by atoms with E-state index in [9.17, 15) is 14.4 Å². The predicted molar refractivity (Wildman–Crippen MR) is 77.8 cm³/mol. The molecule has 1 aromatic rings. The highest BCUT2D eigenvalue weighted by Crippen LogP contribution is 2.13. The number of nitrogens with two attached hydrogens (primary N) is 1. The summed E-state index contributed by atoms with van der Waals surface area (Å²) in [5.41, 5.74) is 5.39. The number of nitrogens with one attached hydrogen (secondary N) is 2. The van der Waals surface area contributed by atoms with Gasteiger partial charge >= 0.3 is 12.0 Å². The molecule has 8 heteroatoms. The number of halogens is 1. The number of urea groups is 1. The van der Waals surface area contributed by atoms with E-state index >= 15 is 0 Å². The third-order valence-corrected chi connectivity index (χ3v) is 2.67. The van der Waals surface area contributed by atoms with E-state index in [2.05, 4.69) is 10.6 Å². The van der Waals surface area contributed by atoms with E-state index in [1.807, 2.05) is 0 Å². The average molecular weight is 314 g/mol. The second-order valence-corrected chi connectivity index (χ2v) is 4.61. The van der Waals surface area contributed by atoms with Gasteiger partial charge < -0.3 is 21.1 Å². The highest BCUT2D eigenvalue weighted by atomic mass is 35.5. The maximum atomic E-state index is 11.8. The lowest BCUT2D eigenvalue weighted by atomic mass is 10.3. The van der Waals surface area contributed by atoms with Crippen LogP contribution in [0.3, 0.4) is 0 Å². The first kappa shape index (κ1) is 16.8. The van der Waals surface area contributed by atoms with Crippen molar-refractivity contribution in [1.82, 2.24) is 5.32 Å². The highest BCUT2D eigenvalue weighted by molar-refractivity contribution is 6.30. The van der Waals surface area contributed by atoms with E-state index in [1.54, 1.807) is 24.3 Å².